The van der Waals surface area contributed by atoms with Crippen LogP contribution in [0, 0.1) is 0 Å². The maximum absolute atomic E-state index is 12.5. The number of nitrogens with one attached hydrogen (secondary N) is 1. The van der Waals surface area contributed by atoms with Crippen molar-refractivity contribution in [2.45, 2.75) is 31.9 Å². The number of carbonyl (C=O) groups is 3. The van der Waals surface area contributed by atoms with E-state index in [2.05, 4.69) is 10.1 Å². The number of ether oxygens (including phenoxy) is 2. The first-order valence-corrected chi connectivity index (χ1v) is 8.82. The third-order valence-electron chi connectivity index (χ3n) is 4.00. The largest absolute Gasteiger partial charge is 0.508 e. The first-order chi connectivity index (χ1) is 13.5. The third kappa shape index (κ3) is 7.11. The van der Waals surface area contributed by atoms with Crippen LogP contribution in [0.3, 0.4) is 0 Å². The number of phenolic OH excluding ortho intramolecular Hbond substituents is 1. The Morgan fingerprint density at radius 1 is 0.964 bits per heavy atom. The van der Waals surface area contributed by atoms with Gasteiger partial charge in [-0.2, -0.15) is 0 Å². The molecule has 0 heterocycles. The van der Waals surface area contributed by atoms with Crippen LogP contribution < -0.4 is 5.32 Å². The predicted molar refractivity (Wildman–Crippen MR) is 101 cm³/mol. The molecule has 0 saturated carbocycles. The molecule has 1 unspecified atom stereocenters. The Morgan fingerprint density at radius 3 is 2.29 bits per heavy atom. The van der Waals surface area contributed by atoms with Crippen LogP contribution in [0.4, 0.5) is 0 Å². The van der Waals surface area contributed by atoms with Crippen molar-refractivity contribution in [3.63, 3.8) is 0 Å². The molecular formula is C21H23NO6. The molecule has 2 rings (SSSR count). The minimum Gasteiger partial charge on any atom is -0.508 e. The fourth-order valence-corrected chi connectivity index (χ4v) is 2.47. The van der Waals surface area contributed by atoms with Crippen LogP contribution in [0.25, 0.3) is 0 Å². The van der Waals surface area contributed by atoms with Crippen LogP contribution >= 0.6 is 0 Å². The summed E-state index contributed by atoms with van der Waals surface area (Å²) in [5.74, 6) is -1.43. The van der Waals surface area contributed by atoms with Crippen molar-refractivity contribution >= 4 is 17.8 Å². The first-order valence-electron chi connectivity index (χ1n) is 8.82. The average molecular weight is 385 g/mol. The van der Waals surface area contributed by atoms with E-state index in [0.29, 0.717) is 0 Å². The zero-order valence-electron chi connectivity index (χ0n) is 15.6. The molecule has 148 valence electrons. The lowest BCUT2D eigenvalue weighted by Gasteiger charge is -2.18. The molecule has 0 spiro atoms. The van der Waals surface area contributed by atoms with E-state index in [-0.39, 0.29) is 31.6 Å². The van der Waals surface area contributed by atoms with Crippen molar-refractivity contribution in [1.82, 2.24) is 5.32 Å². The fourth-order valence-electron chi connectivity index (χ4n) is 2.47. The summed E-state index contributed by atoms with van der Waals surface area (Å²) in [6, 6.07) is 14.6. The first kappa shape index (κ1) is 21.0. The number of esters is 2. The van der Waals surface area contributed by atoms with E-state index in [1.54, 1.807) is 12.1 Å². The Kier molecular flexibility index (Phi) is 8.02. The monoisotopic (exact) mass is 385 g/mol. The Balaban J connectivity index is 2.01. The molecule has 0 fully saturated rings. The highest BCUT2D eigenvalue weighted by molar-refractivity contribution is 5.86. The van der Waals surface area contributed by atoms with Crippen LogP contribution in [-0.4, -0.2) is 36.1 Å². The minimum atomic E-state index is -0.918. The summed E-state index contributed by atoms with van der Waals surface area (Å²) in [7, 11) is 1.24. The van der Waals surface area contributed by atoms with E-state index in [1.807, 2.05) is 30.3 Å². The van der Waals surface area contributed by atoms with Gasteiger partial charge in [-0.25, -0.2) is 4.79 Å². The van der Waals surface area contributed by atoms with E-state index in [1.165, 1.54) is 19.2 Å². The highest BCUT2D eigenvalue weighted by Crippen LogP contribution is 2.13. The third-order valence-corrected chi connectivity index (χ3v) is 4.00. The number of methoxy groups -OCH3 is 1. The molecule has 0 aliphatic rings. The number of phenols is 1. The maximum Gasteiger partial charge on any atom is 0.329 e. The molecule has 0 aromatic heterocycles. The number of amides is 1. The second kappa shape index (κ2) is 10.7. The van der Waals surface area contributed by atoms with Crippen molar-refractivity contribution in [2.24, 2.45) is 0 Å². The van der Waals surface area contributed by atoms with Crippen LogP contribution in [0.1, 0.15) is 24.0 Å². The Labute approximate surface area is 163 Å². The second-order valence-corrected chi connectivity index (χ2v) is 6.16. The van der Waals surface area contributed by atoms with E-state index in [4.69, 9.17) is 4.74 Å². The number of rotatable bonds is 9. The van der Waals surface area contributed by atoms with Gasteiger partial charge in [0, 0.05) is 12.8 Å². The van der Waals surface area contributed by atoms with Crippen molar-refractivity contribution < 1.29 is 29.0 Å². The molecule has 1 atom stereocenters. The van der Waals surface area contributed by atoms with E-state index < -0.39 is 23.9 Å². The smallest absolute Gasteiger partial charge is 0.329 e. The SMILES string of the molecule is COC(=O)CCC(=O)NC(Cc1ccc(O)cc1)C(=O)OCc1ccccc1. The zero-order chi connectivity index (χ0) is 20.4. The van der Waals surface area contributed by atoms with Gasteiger partial charge in [-0.05, 0) is 23.3 Å². The highest BCUT2D eigenvalue weighted by atomic mass is 16.5. The quantitative estimate of drug-likeness (QED) is 0.641. The van der Waals surface area contributed by atoms with Gasteiger partial charge in [0.2, 0.25) is 5.91 Å². The van der Waals surface area contributed by atoms with Crippen LogP contribution in [0.15, 0.2) is 54.6 Å². The molecular weight excluding hydrogens is 362 g/mol. The van der Waals surface area contributed by atoms with Gasteiger partial charge in [0.05, 0.1) is 13.5 Å². The van der Waals surface area contributed by atoms with Crippen LogP contribution in [0.2, 0.25) is 0 Å². The minimum absolute atomic E-state index is 0.0761. The van der Waals surface area contributed by atoms with Crippen LogP contribution in [-0.2, 0) is 36.9 Å². The Morgan fingerprint density at radius 2 is 1.64 bits per heavy atom. The summed E-state index contributed by atoms with van der Waals surface area (Å²) in [5.41, 5.74) is 1.57. The van der Waals surface area contributed by atoms with Gasteiger partial charge < -0.3 is 19.9 Å². The number of benzene rings is 2. The van der Waals surface area contributed by atoms with E-state index in [0.717, 1.165) is 11.1 Å². The van der Waals surface area contributed by atoms with Crippen molar-refractivity contribution in [2.75, 3.05) is 7.11 Å². The van der Waals surface area contributed by atoms with Crippen molar-refractivity contribution in [3.05, 3.63) is 65.7 Å². The molecule has 7 heteroatoms. The van der Waals surface area contributed by atoms with Gasteiger partial charge in [-0.15, -0.1) is 0 Å². The Hall–Kier alpha value is -3.35. The second-order valence-electron chi connectivity index (χ2n) is 6.16. The highest BCUT2D eigenvalue weighted by Gasteiger charge is 2.23. The lowest BCUT2D eigenvalue weighted by molar-refractivity contribution is -0.149. The van der Waals surface area contributed by atoms with Gasteiger partial charge in [0.1, 0.15) is 18.4 Å². The standard InChI is InChI=1S/C21H23NO6/c1-27-20(25)12-11-19(24)22-18(13-15-7-9-17(23)10-8-15)21(26)28-14-16-5-3-2-4-6-16/h2-10,18,23H,11-14H2,1H3,(H,22,24). The molecule has 0 saturated heterocycles. The summed E-state index contributed by atoms with van der Waals surface area (Å²) in [5, 5.41) is 12.0. The van der Waals surface area contributed by atoms with Crippen molar-refractivity contribution in [3.8, 4) is 5.75 Å². The predicted octanol–water partition coefficient (Wildman–Crippen LogP) is 2.12. The molecule has 0 aliphatic heterocycles. The van der Waals surface area contributed by atoms with Gasteiger partial charge in [-0.3, -0.25) is 9.59 Å². The zero-order valence-corrected chi connectivity index (χ0v) is 15.6. The van der Waals surface area contributed by atoms with Crippen molar-refractivity contribution in [1.29, 1.82) is 0 Å². The molecule has 0 radical (unpaired) electrons. The van der Waals surface area contributed by atoms with Gasteiger partial charge >= 0.3 is 11.9 Å². The average Bonchev–Trinajstić information content (AvgIpc) is 2.72. The summed E-state index contributed by atoms with van der Waals surface area (Å²) < 4.78 is 9.85. The van der Waals surface area contributed by atoms with Gasteiger partial charge in [-0.1, -0.05) is 42.5 Å². The van der Waals surface area contributed by atoms with Gasteiger partial charge in [0.15, 0.2) is 0 Å². The number of hydrogen-bond donors (Lipinski definition) is 2. The normalized spacial score (nSPS) is 11.3. The molecule has 0 bridgehead atoms. The maximum atomic E-state index is 12.5. The fraction of sp³-hybridized carbons (Fsp3) is 0.286. The van der Waals surface area contributed by atoms with Gasteiger partial charge in [0.25, 0.3) is 0 Å². The lowest BCUT2D eigenvalue weighted by atomic mass is 10.1. The van der Waals surface area contributed by atoms with Crippen LogP contribution in [0.5, 0.6) is 5.75 Å². The molecule has 0 aliphatic carbocycles. The number of hydrogen-bond acceptors (Lipinski definition) is 6. The molecule has 1 amide bonds. The lowest BCUT2D eigenvalue weighted by Crippen LogP contribution is -2.43. The molecule has 28 heavy (non-hydrogen) atoms. The molecule has 7 nitrogen and oxygen atoms in total. The molecule has 2 aromatic carbocycles. The van der Waals surface area contributed by atoms with E-state index in [9.17, 15) is 19.5 Å². The number of aromatic hydroxyl groups is 1. The summed E-state index contributed by atoms with van der Waals surface area (Å²) >= 11 is 0. The Bertz CT molecular complexity index is 788. The molecule has 2 N–H and O–H groups in total. The summed E-state index contributed by atoms with van der Waals surface area (Å²) in [4.78, 5) is 35.9. The summed E-state index contributed by atoms with van der Waals surface area (Å²) in [6.07, 6.45) is 0.0237. The summed E-state index contributed by atoms with van der Waals surface area (Å²) in [6.45, 7) is 0.0871. The topological polar surface area (TPSA) is 102 Å². The number of carbonyl (C=O) groups excluding carboxylic acids is 3. The molecule has 2 aromatic rings. The van der Waals surface area contributed by atoms with E-state index >= 15 is 0 Å².